The van der Waals surface area contributed by atoms with Crippen molar-refractivity contribution in [3.8, 4) is 35.2 Å². The summed E-state index contributed by atoms with van der Waals surface area (Å²) in [5.41, 5.74) is 3.57. The summed E-state index contributed by atoms with van der Waals surface area (Å²) < 4.78 is 11.5. The molecular formula is C54H80N12O2. The molecule has 0 amide bonds. The third kappa shape index (κ3) is 14.0. The van der Waals surface area contributed by atoms with Gasteiger partial charge in [-0.3, -0.25) is 0 Å². The van der Waals surface area contributed by atoms with Gasteiger partial charge in [0.05, 0.1) is 36.4 Å². The van der Waals surface area contributed by atoms with Crippen molar-refractivity contribution in [1.82, 2.24) is 39.5 Å². The van der Waals surface area contributed by atoms with Crippen molar-refractivity contribution in [2.45, 2.75) is 103 Å². The Morgan fingerprint density at radius 2 is 0.897 bits per heavy atom. The zero-order valence-corrected chi connectivity index (χ0v) is 42.7. The highest BCUT2D eigenvalue weighted by molar-refractivity contribution is 5.94. The van der Waals surface area contributed by atoms with Crippen LogP contribution in [0.2, 0.25) is 0 Å². The number of nitrogens with zero attached hydrogens (tertiary/aromatic N) is 10. The summed E-state index contributed by atoms with van der Waals surface area (Å²) in [7, 11) is 11.4. The lowest BCUT2D eigenvalue weighted by Crippen LogP contribution is -2.39. The fourth-order valence-electron chi connectivity index (χ4n) is 9.82. The number of aromatic nitrogens is 4. The number of hydrogen-bond donors (Lipinski definition) is 2. The van der Waals surface area contributed by atoms with E-state index < -0.39 is 0 Å². The van der Waals surface area contributed by atoms with Crippen molar-refractivity contribution in [2.24, 2.45) is 0 Å². The number of piperidine rings is 2. The number of benzene rings is 2. The highest BCUT2D eigenvalue weighted by Crippen LogP contribution is 2.33. The van der Waals surface area contributed by atoms with Gasteiger partial charge in [-0.2, -0.15) is 9.97 Å². The molecule has 2 aromatic heterocycles. The maximum Gasteiger partial charge on any atom is 0.227 e. The topological polar surface area (TPSA) is 114 Å². The number of likely N-dealkylation sites (tertiary alicyclic amines) is 4. The van der Waals surface area contributed by atoms with Crippen molar-refractivity contribution in [1.29, 1.82) is 0 Å². The molecule has 14 nitrogen and oxygen atoms in total. The number of nitrogens with one attached hydrogen (secondary N) is 2. The van der Waals surface area contributed by atoms with Gasteiger partial charge < -0.3 is 49.5 Å². The molecule has 14 heteroatoms. The van der Waals surface area contributed by atoms with Gasteiger partial charge >= 0.3 is 0 Å². The molecule has 8 rings (SSSR count). The lowest BCUT2D eigenvalue weighted by atomic mass is 10.0. The van der Waals surface area contributed by atoms with Gasteiger partial charge in [-0.05, 0) is 128 Å². The zero-order chi connectivity index (χ0) is 47.8. The smallest absolute Gasteiger partial charge is 0.227 e. The Kier molecular flexibility index (Phi) is 19.0. The standard InChI is InChI=1S/2C27H40N6O/c2*1-5-13-32-17-11-22(12-18-32)28-26-23-20-25(34-4)21(10-6-7-14-33-15-8-9-16-33)19-24(23)29-27(30-26)31(2)3/h2*19-20,22H,5,7-9,11-18H2,1-4H3,(H,28,29,30). The average Bonchev–Trinajstić information content (AvgIpc) is 4.08. The first kappa shape index (κ1) is 50.7. The van der Waals surface area contributed by atoms with Gasteiger partial charge in [-0.25, -0.2) is 9.97 Å². The van der Waals surface area contributed by atoms with Crippen LogP contribution in [-0.4, -0.2) is 173 Å². The third-order valence-corrected chi connectivity index (χ3v) is 13.7. The summed E-state index contributed by atoms with van der Waals surface area (Å²) in [6.45, 7) is 18.3. The number of rotatable bonds is 16. The first-order valence-corrected chi connectivity index (χ1v) is 25.7. The van der Waals surface area contributed by atoms with Gasteiger partial charge in [0.2, 0.25) is 11.9 Å². The van der Waals surface area contributed by atoms with Crippen LogP contribution in [0.25, 0.3) is 21.8 Å². The Labute approximate surface area is 407 Å². The SMILES string of the molecule is CCCN1CCC(Nc2nc(N(C)C)nc3cc(C#CCCN4CCCC4)c(OC)cc23)CC1.CCCN1CCC(Nc2nc(N(C)C)nc3cc(C#CCCN4CCCC4)c(OC)cc23)CC1. The Bertz CT molecular complexity index is 2190. The van der Waals surface area contributed by atoms with E-state index in [2.05, 4.69) is 79.9 Å². The monoisotopic (exact) mass is 929 g/mol. The molecule has 0 spiro atoms. The first-order chi connectivity index (χ1) is 33.1. The molecular weight excluding hydrogens is 849 g/mol. The molecule has 0 saturated carbocycles. The number of fused-ring (bicyclic) bond motifs is 2. The van der Waals surface area contributed by atoms with Gasteiger partial charge in [0, 0.05) is 103 Å². The number of anilines is 4. The van der Waals surface area contributed by atoms with Gasteiger partial charge in [-0.15, -0.1) is 0 Å². The molecule has 0 aliphatic carbocycles. The average molecular weight is 929 g/mol. The molecule has 0 radical (unpaired) electrons. The molecule has 6 heterocycles. The third-order valence-electron chi connectivity index (χ3n) is 13.7. The molecule has 368 valence electrons. The van der Waals surface area contributed by atoms with Crippen LogP contribution in [-0.2, 0) is 0 Å². The predicted octanol–water partition coefficient (Wildman–Crippen LogP) is 7.66. The van der Waals surface area contributed by atoms with E-state index in [9.17, 15) is 0 Å². The zero-order valence-electron chi connectivity index (χ0n) is 42.7. The van der Waals surface area contributed by atoms with E-state index in [4.69, 9.17) is 29.4 Å². The lowest BCUT2D eigenvalue weighted by Gasteiger charge is -2.32. The molecule has 4 fully saturated rings. The minimum Gasteiger partial charge on any atom is -0.495 e. The van der Waals surface area contributed by atoms with Crippen LogP contribution in [0.3, 0.4) is 0 Å². The van der Waals surface area contributed by atoms with Gasteiger partial charge in [0.1, 0.15) is 23.1 Å². The Morgan fingerprint density at radius 1 is 0.529 bits per heavy atom. The fourth-order valence-corrected chi connectivity index (χ4v) is 9.82. The highest BCUT2D eigenvalue weighted by atomic mass is 16.5. The molecule has 68 heavy (non-hydrogen) atoms. The molecule has 0 bridgehead atoms. The van der Waals surface area contributed by atoms with Gasteiger partial charge in [-0.1, -0.05) is 37.5 Å². The van der Waals surface area contributed by atoms with Crippen LogP contribution in [0.1, 0.15) is 102 Å². The number of hydrogen-bond acceptors (Lipinski definition) is 14. The molecule has 4 aromatic rings. The summed E-state index contributed by atoms with van der Waals surface area (Å²) in [6.07, 6.45) is 13.9. The van der Waals surface area contributed by atoms with Crippen molar-refractivity contribution in [3.63, 3.8) is 0 Å². The van der Waals surface area contributed by atoms with Crippen LogP contribution in [0.5, 0.6) is 11.5 Å². The molecule has 2 N–H and O–H groups in total. The van der Waals surface area contributed by atoms with Gasteiger partial charge in [0.25, 0.3) is 0 Å². The largest absolute Gasteiger partial charge is 0.495 e. The Morgan fingerprint density at radius 3 is 1.24 bits per heavy atom. The molecule has 0 unspecified atom stereocenters. The maximum atomic E-state index is 5.73. The van der Waals surface area contributed by atoms with Crippen LogP contribution < -0.4 is 29.9 Å². The number of methoxy groups -OCH3 is 2. The molecule has 2 aromatic carbocycles. The van der Waals surface area contributed by atoms with Crippen molar-refractivity contribution < 1.29 is 9.47 Å². The van der Waals surface area contributed by atoms with E-state index in [1.54, 1.807) is 14.2 Å². The summed E-state index contributed by atoms with van der Waals surface area (Å²) in [4.78, 5) is 33.4. The molecule has 4 aliphatic rings. The second-order valence-corrected chi connectivity index (χ2v) is 19.4. The van der Waals surface area contributed by atoms with Crippen LogP contribution in [0, 0.1) is 23.7 Å². The Balaban J connectivity index is 0.000000201. The lowest BCUT2D eigenvalue weighted by molar-refractivity contribution is 0.219. The van der Waals surface area contributed by atoms with Crippen LogP contribution >= 0.6 is 0 Å². The van der Waals surface area contributed by atoms with E-state index in [1.165, 1.54) is 77.8 Å². The van der Waals surface area contributed by atoms with Crippen LogP contribution in [0.15, 0.2) is 24.3 Å². The Hall–Kier alpha value is -5.12. The molecule has 0 atom stereocenters. The highest BCUT2D eigenvalue weighted by Gasteiger charge is 2.23. The second kappa shape index (κ2) is 25.5. The van der Waals surface area contributed by atoms with E-state index in [0.717, 1.165) is 134 Å². The van der Waals surface area contributed by atoms with E-state index in [-0.39, 0.29) is 0 Å². The summed E-state index contributed by atoms with van der Waals surface area (Å²) in [6, 6.07) is 9.04. The van der Waals surface area contributed by atoms with Crippen LogP contribution in [0.4, 0.5) is 23.5 Å². The fraction of sp³-hybridized carbons (Fsp3) is 0.630. The molecule has 4 aliphatic heterocycles. The van der Waals surface area contributed by atoms with E-state index in [0.29, 0.717) is 24.0 Å². The first-order valence-electron chi connectivity index (χ1n) is 25.7. The predicted molar refractivity (Wildman–Crippen MR) is 282 cm³/mol. The summed E-state index contributed by atoms with van der Waals surface area (Å²) >= 11 is 0. The molecule has 4 saturated heterocycles. The van der Waals surface area contributed by atoms with E-state index in [1.807, 2.05) is 50.1 Å². The second-order valence-electron chi connectivity index (χ2n) is 19.4. The summed E-state index contributed by atoms with van der Waals surface area (Å²) in [5.74, 6) is 18.1. The summed E-state index contributed by atoms with van der Waals surface area (Å²) in [5, 5.41) is 9.44. The van der Waals surface area contributed by atoms with Gasteiger partial charge in [0.15, 0.2) is 0 Å². The normalized spacial score (nSPS) is 17.5. The van der Waals surface area contributed by atoms with Crippen molar-refractivity contribution >= 4 is 45.3 Å². The minimum absolute atomic E-state index is 0.414. The van der Waals surface area contributed by atoms with Crippen molar-refractivity contribution in [3.05, 3.63) is 35.4 Å². The number of ether oxygens (including phenoxy) is 2. The van der Waals surface area contributed by atoms with Crippen molar-refractivity contribution in [2.75, 3.05) is 141 Å². The minimum atomic E-state index is 0.414. The maximum absolute atomic E-state index is 5.73. The quantitative estimate of drug-likeness (QED) is 0.107. The van der Waals surface area contributed by atoms with E-state index >= 15 is 0 Å².